The molecule has 8 nitrogen and oxygen atoms in total. The van der Waals surface area contributed by atoms with E-state index in [2.05, 4.69) is 36.7 Å². The highest BCUT2D eigenvalue weighted by molar-refractivity contribution is 9.09. The van der Waals surface area contributed by atoms with E-state index in [4.69, 9.17) is 17.0 Å². The molecule has 1 aliphatic rings. The van der Waals surface area contributed by atoms with Crippen LogP contribution in [0.5, 0.6) is 0 Å². The number of hydrogen-bond donors (Lipinski definition) is 5. The molecule has 2 aromatic rings. The number of nitrogens with one attached hydrogen (secondary N) is 3. The van der Waals surface area contributed by atoms with Gasteiger partial charge in [-0.3, -0.25) is 5.01 Å². The average molecular weight is 349 g/mol. The third-order valence-corrected chi connectivity index (χ3v) is 3.85. The van der Waals surface area contributed by atoms with Gasteiger partial charge in [-0.25, -0.2) is 21.2 Å². The van der Waals surface area contributed by atoms with E-state index in [0.29, 0.717) is 28.6 Å². The first-order valence-electron chi connectivity index (χ1n) is 6.07. The first-order valence-corrected chi connectivity index (χ1v) is 6.98. The van der Waals surface area contributed by atoms with Crippen LogP contribution >= 0.6 is 15.9 Å². The highest BCUT2D eigenvalue weighted by atomic mass is 79.9. The fourth-order valence-electron chi connectivity index (χ4n) is 2.07. The Hall–Kier alpha value is -2.23. The molecule has 1 aromatic carbocycles. The third-order valence-electron chi connectivity index (χ3n) is 3.17. The molecule has 21 heavy (non-hydrogen) atoms. The maximum Gasteiger partial charge on any atom is 0.158 e. The van der Waals surface area contributed by atoms with Gasteiger partial charge >= 0.3 is 0 Å². The average Bonchev–Trinajstić information content (AvgIpc) is 2.89. The van der Waals surface area contributed by atoms with Crippen molar-refractivity contribution in [2.75, 3.05) is 16.2 Å². The Morgan fingerprint density at radius 1 is 1.38 bits per heavy atom. The first-order chi connectivity index (χ1) is 10.1. The molecule has 9 heteroatoms. The van der Waals surface area contributed by atoms with Crippen LogP contribution in [0.2, 0.25) is 0 Å². The Morgan fingerprint density at radius 2 is 2.19 bits per heavy atom. The Kier molecular flexibility index (Phi) is 3.45. The van der Waals surface area contributed by atoms with Gasteiger partial charge in [0.05, 0.1) is 11.3 Å². The van der Waals surface area contributed by atoms with Gasteiger partial charge < -0.3 is 16.6 Å². The first kappa shape index (κ1) is 13.7. The lowest BCUT2D eigenvalue weighted by atomic mass is 10.1. The zero-order valence-electron chi connectivity index (χ0n) is 10.8. The van der Waals surface area contributed by atoms with E-state index in [0.717, 1.165) is 5.56 Å². The Bertz CT molecular complexity index is 704. The smallest absolute Gasteiger partial charge is 0.158 e. The zero-order valence-corrected chi connectivity index (χ0v) is 12.4. The third kappa shape index (κ3) is 2.31. The molecule has 1 unspecified atom stereocenters. The van der Waals surface area contributed by atoms with Gasteiger partial charge in [0.25, 0.3) is 0 Å². The summed E-state index contributed by atoms with van der Waals surface area (Å²) in [5.74, 6) is 7.40. The maximum atomic E-state index is 7.36. The molecular formula is C12H13BrN8. The molecule has 0 fully saturated rings. The van der Waals surface area contributed by atoms with Gasteiger partial charge in [-0.15, -0.1) is 0 Å². The molecule has 0 spiro atoms. The monoisotopic (exact) mass is 348 g/mol. The fourth-order valence-corrected chi connectivity index (χ4v) is 2.61. The molecule has 0 amide bonds. The number of alkyl halides is 1. The number of nitrogens with zero attached hydrogens (tertiary/aromatic N) is 3. The second kappa shape index (κ2) is 5.28. The molecule has 0 saturated heterocycles. The van der Waals surface area contributed by atoms with Crippen LogP contribution in [0.4, 0.5) is 23.0 Å². The lowest BCUT2D eigenvalue weighted by Gasteiger charge is -2.21. The van der Waals surface area contributed by atoms with Crippen molar-refractivity contribution in [2.24, 2.45) is 5.84 Å². The fraction of sp³-hybridized carbons (Fsp3) is 0.0833. The molecule has 2 heterocycles. The summed E-state index contributed by atoms with van der Waals surface area (Å²) >= 11 is 3.48. The van der Waals surface area contributed by atoms with Crippen molar-refractivity contribution >= 4 is 45.2 Å². The van der Waals surface area contributed by atoms with Crippen molar-refractivity contribution in [1.29, 1.82) is 5.41 Å². The number of benzene rings is 1. The van der Waals surface area contributed by atoms with E-state index in [1.54, 1.807) is 18.2 Å². The quantitative estimate of drug-likeness (QED) is 0.141. The highest BCUT2D eigenvalue weighted by Gasteiger charge is 2.27. The van der Waals surface area contributed by atoms with Gasteiger partial charge in [-0.2, -0.15) is 0 Å². The molecule has 0 radical (unpaired) electrons. The van der Waals surface area contributed by atoms with E-state index < -0.39 is 0 Å². The van der Waals surface area contributed by atoms with E-state index in [1.165, 1.54) is 17.6 Å². The lowest BCUT2D eigenvalue weighted by molar-refractivity contribution is 0.843. The molecule has 0 saturated carbocycles. The number of aromatic nitrogens is 2. The topological polar surface area (TPSA) is 129 Å². The highest BCUT2D eigenvalue weighted by Crippen LogP contribution is 2.38. The Morgan fingerprint density at radius 3 is 2.95 bits per heavy atom. The normalized spacial score (nSPS) is 16.2. The zero-order chi connectivity index (χ0) is 15.0. The molecule has 1 aromatic heterocycles. The van der Waals surface area contributed by atoms with Crippen LogP contribution in [0.25, 0.3) is 0 Å². The van der Waals surface area contributed by atoms with E-state index in [-0.39, 0.29) is 4.95 Å². The summed E-state index contributed by atoms with van der Waals surface area (Å²) in [6.07, 6.45) is 2.62. The van der Waals surface area contributed by atoms with Crippen molar-refractivity contribution in [3.63, 3.8) is 0 Å². The van der Waals surface area contributed by atoms with Gasteiger partial charge in [-0.1, -0.05) is 15.9 Å². The van der Waals surface area contributed by atoms with Gasteiger partial charge in [0, 0.05) is 17.5 Å². The number of hydrazine groups is 2. The lowest BCUT2D eigenvalue weighted by Crippen LogP contribution is -2.27. The van der Waals surface area contributed by atoms with Crippen molar-refractivity contribution in [1.82, 2.24) is 15.4 Å². The Balaban J connectivity index is 2.06. The molecule has 1 aliphatic heterocycles. The predicted molar refractivity (Wildman–Crippen MR) is 85.5 cm³/mol. The maximum absolute atomic E-state index is 7.36. The van der Waals surface area contributed by atoms with Crippen molar-refractivity contribution in [2.45, 2.75) is 4.95 Å². The molecule has 1 atom stereocenters. The van der Waals surface area contributed by atoms with Gasteiger partial charge in [-0.05, 0) is 18.2 Å². The van der Waals surface area contributed by atoms with Gasteiger partial charge in [0.1, 0.15) is 11.3 Å². The summed E-state index contributed by atoms with van der Waals surface area (Å²) in [7, 11) is 0. The van der Waals surface area contributed by atoms with E-state index in [9.17, 15) is 0 Å². The second-order valence-corrected chi connectivity index (χ2v) is 5.33. The summed E-state index contributed by atoms with van der Waals surface area (Å²) in [6, 6.07) is 5.21. The van der Waals surface area contributed by atoms with E-state index in [1.807, 2.05) is 0 Å². The predicted octanol–water partition coefficient (Wildman–Crippen LogP) is 1.39. The molecule has 7 N–H and O–H groups in total. The van der Waals surface area contributed by atoms with Gasteiger partial charge in [0.15, 0.2) is 11.6 Å². The van der Waals surface area contributed by atoms with Crippen molar-refractivity contribution < 1.29 is 0 Å². The molecule has 3 rings (SSSR count). The van der Waals surface area contributed by atoms with Crippen LogP contribution in [-0.4, -0.2) is 16.2 Å². The van der Waals surface area contributed by atoms with Crippen LogP contribution in [0.15, 0.2) is 24.5 Å². The molecule has 108 valence electrons. The van der Waals surface area contributed by atoms with Crippen LogP contribution in [0.1, 0.15) is 16.1 Å². The number of fused-ring (bicyclic) bond motifs is 1. The van der Waals surface area contributed by atoms with Crippen LogP contribution < -0.4 is 27.4 Å². The molecular weight excluding hydrogens is 336 g/mol. The van der Waals surface area contributed by atoms with Gasteiger partial charge in [0.2, 0.25) is 0 Å². The summed E-state index contributed by atoms with van der Waals surface area (Å²) in [6.45, 7) is 0. The summed E-state index contributed by atoms with van der Waals surface area (Å²) in [4.78, 5) is 8.24. The van der Waals surface area contributed by atoms with Crippen LogP contribution in [-0.2, 0) is 0 Å². The number of hydrogen-bond acceptors (Lipinski definition) is 8. The number of nitrogen functional groups attached to an aromatic ring is 1. The minimum atomic E-state index is -0.147. The van der Waals surface area contributed by atoms with Crippen LogP contribution in [0.3, 0.4) is 0 Å². The number of halogens is 1. The second-order valence-electron chi connectivity index (χ2n) is 4.42. The standard InChI is InChI=1S/C12H13BrN8/c13-10-9-11(20-19-10)17-5-18-12(9)21(16)7-1-2-8(15)6(3-7)4-14/h1-5,10,14,19H,15-16H2,(H,17,18,20). The molecule has 0 aliphatic carbocycles. The van der Waals surface area contributed by atoms with Crippen molar-refractivity contribution in [3.05, 3.63) is 35.7 Å². The summed E-state index contributed by atoms with van der Waals surface area (Å²) < 4.78 is 0. The minimum absolute atomic E-state index is 0.147. The Labute approximate surface area is 129 Å². The number of rotatable bonds is 3. The largest absolute Gasteiger partial charge is 0.398 e. The van der Waals surface area contributed by atoms with Crippen LogP contribution in [0, 0.1) is 5.41 Å². The summed E-state index contributed by atoms with van der Waals surface area (Å²) in [5, 5.41) is 8.80. The minimum Gasteiger partial charge on any atom is -0.398 e. The molecule has 0 bridgehead atoms. The number of nitrogens with two attached hydrogens (primary N) is 2. The number of anilines is 4. The summed E-state index contributed by atoms with van der Waals surface area (Å²) in [5.41, 5.74) is 14.3. The van der Waals surface area contributed by atoms with E-state index >= 15 is 0 Å². The SMILES string of the molecule is N=Cc1cc(N(N)c2ncnc3c2C(Br)NN3)ccc1N. The van der Waals surface area contributed by atoms with Crippen molar-refractivity contribution in [3.8, 4) is 0 Å².